The molecule has 452 valence electrons. The summed E-state index contributed by atoms with van der Waals surface area (Å²) in [5.41, 5.74) is 25.9. The third kappa shape index (κ3) is 13.3. The molecule has 10 aromatic rings. The van der Waals surface area contributed by atoms with Crippen LogP contribution in [0.15, 0.2) is 183 Å². The van der Waals surface area contributed by atoms with Gasteiger partial charge in [0.2, 0.25) is 28.5 Å². The van der Waals surface area contributed by atoms with E-state index in [4.69, 9.17) is 16.4 Å². The lowest BCUT2D eigenvalue weighted by atomic mass is 9.63. The molecule has 0 radical (unpaired) electrons. The molecule has 0 aliphatic heterocycles. The molecule has 0 spiro atoms. The fourth-order valence-electron chi connectivity index (χ4n) is 14.0. The molecule has 0 amide bonds. The largest absolute Gasteiger partial charge is 0.216 e. The zero-order chi connectivity index (χ0) is 72.5. The maximum atomic E-state index is 8.43. The molecular weight excluding hydrogens is 1080 g/mol. The molecule has 89 heavy (non-hydrogen) atoms. The van der Waals surface area contributed by atoms with Gasteiger partial charge in [-0.05, 0) is 241 Å². The van der Waals surface area contributed by atoms with E-state index < -0.39 is 38.2 Å². The molecule has 1 fully saturated rings. The molecule has 5 heterocycles. The van der Waals surface area contributed by atoms with Crippen molar-refractivity contribution in [1.29, 1.82) is 0 Å². The molecule has 1 saturated carbocycles. The second-order valence-corrected chi connectivity index (χ2v) is 25.2. The molecule has 0 unspecified atom stereocenters. The summed E-state index contributed by atoms with van der Waals surface area (Å²) in [6, 6.07) is 50.9. The van der Waals surface area contributed by atoms with Gasteiger partial charge in [-0.1, -0.05) is 91.0 Å². The fourth-order valence-corrected chi connectivity index (χ4v) is 14.0. The van der Waals surface area contributed by atoms with Gasteiger partial charge in [0.15, 0.2) is 31.0 Å². The van der Waals surface area contributed by atoms with E-state index in [9.17, 15) is 0 Å². The molecule has 5 aromatic heterocycles. The van der Waals surface area contributed by atoms with Crippen LogP contribution in [0.3, 0.4) is 0 Å². The van der Waals surface area contributed by atoms with Gasteiger partial charge < -0.3 is 0 Å². The fraction of sp³-hybridized carbons (Fsp3) is 0.345. The van der Waals surface area contributed by atoms with Gasteiger partial charge in [0.25, 0.3) is 0 Å². The summed E-state index contributed by atoms with van der Waals surface area (Å²) >= 11 is 0. The average molecular weight is 1190 g/mol. The topological polar surface area (TPSA) is 19.4 Å². The van der Waals surface area contributed by atoms with Gasteiger partial charge in [-0.25, -0.2) is 22.8 Å². The van der Waals surface area contributed by atoms with Gasteiger partial charge in [0.1, 0.15) is 35.2 Å². The monoisotopic (exact) mass is 1190 g/mol. The standard InChI is InChI=1S/C18H20N.2C17H20N.2C16H18N/c1-12-5-3-4-6-16(12)18-10-17-14-7-13(8-14)9-15(17)11-19(18)2;1-13-7-3-6-10-16(13)17-11-14-8-4-5-9-15(14)12-18(17)2;1-13-7-3-5-9-15(13)17-16-10-6-4-8-14(16)11-12-18(17)2;1-12-6-3-4-9-15(12)16-10-13-7-5-8-14(13)11-17(16)2;1-12-6-3-4-8-14(12)16-15-9-5-7-13(15)10-11-17(16)2/h3-6,10-11,13-14H,7-9H2,1-2H3;3,6-7,10-12H,4-5,8-9H2,1-2H3;3,5,7,9,11-12H,4,6,8,10H2,1-2H3;3-4,6,9-11H,5,7-8H2,1-2H3;3-4,6,8,10-11H,5,7,9H2,1-2H3/q5*+1/i;8D2;8D2,10D2;7D2;7D2,9D2. The van der Waals surface area contributed by atoms with Gasteiger partial charge in [0.05, 0.1) is 0 Å². The van der Waals surface area contributed by atoms with Crippen LogP contribution in [-0.2, 0) is 92.7 Å². The number of fused-ring (bicyclic) bond motifs is 4. The molecule has 2 bridgehead atoms. The second kappa shape index (κ2) is 27.3. The lowest BCUT2D eigenvalue weighted by Gasteiger charge is -2.41. The summed E-state index contributed by atoms with van der Waals surface area (Å²) in [6.45, 7) is 10.4. The lowest BCUT2D eigenvalue weighted by molar-refractivity contribution is -0.661. The van der Waals surface area contributed by atoms with E-state index in [0.29, 0.717) is 35.1 Å². The Kier molecular flexibility index (Phi) is 14.7. The van der Waals surface area contributed by atoms with Crippen molar-refractivity contribution < 1.29 is 39.3 Å². The van der Waals surface area contributed by atoms with Crippen molar-refractivity contribution in [3.8, 4) is 56.3 Å². The summed E-state index contributed by atoms with van der Waals surface area (Å²) < 4.78 is 109. The molecule has 7 aliphatic rings. The van der Waals surface area contributed by atoms with Crippen LogP contribution in [0.2, 0.25) is 0 Å². The van der Waals surface area contributed by atoms with Crippen LogP contribution >= 0.6 is 0 Å². The van der Waals surface area contributed by atoms with Crippen LogP contribution in [0.4, 0.5) is 0 Å². The number of benzene rings is 5. The Bertz CT molecular complexity index is 4810. The smallest absolute Gasteiger partial charge is 0.201 e. The van der Waals surface area contributed by atoms with Crippen molar-refractivity contribution in [2.75, 3.05) is 0 Å². The van der Waals surface area contributed by atoms with Gasteiger partial charge in [-0.3, -0.25) is 0 Å². The average Bonchev–Trinajstić information content (AvgIpc) is 1.73. The lowest BCUT2D eigenvalue weighted by Crippen LogP contribution is -2.37. The Morgan fingerprint density at radius 2 is 0.697 bits per heavy atom. The minimum atomic E-state index is -1.66. The van der Waals surface area contributed by atoms with E-state index in [1.807, 2.05) is 142 Å². The maximum Gasteiger partial charge on any atom is 0.216 e. The minimum Gasteiger partial charge on any atom is -0.201 e. The first kappa shape index (κ1) is 47.8. The van der Waals surface area contributed by atoms with Gasteiger partial charge in [-0.2, -0.15) is 0 Å². The van der Waals surface area contributed by atoms with E-state index in [1.54, 1.807) is 23.3 Å². The normalized spacial score (nSPS) is 21.5. The molecule has 0 saturated heterocycles. The predicted octanol–water partition coefficient (Wildman–Crippen LogP) is 16.2. The first-order valence-electron chi connectivity index (χ1n) is 38.1. The number of nitrogens with zero attached hydrogens (tertiary/aromatic N) is 5. The summed E-state index contributed by atoms with van der Waals surface area (Å²) in [7, 11) is 10.0. The molecular formula is C84H96N5+5. The Balaban J connectivity index is 0.000000120. The highest BCUT2D eigenvalue weighted by atomic mass is 14.9. The van der Waals surface area contributed by atoms with Crippen molar-refractivity contribution in [3.05, 3.63) is 266 Å². The predicted molar refractivity (Wildman–Crippen MR) is 365 cm³/mol. The third-order valence-electron chi connectivity index (χ3n) is 18.9. The quantitative estimate of drug-likeness (QED) is 0.153. The van der Waals surface area contributed by atoms with Crippen molar-refractivity contribution in [2.24, 2.45) is 41.2 Å². The van der Waals surface area contributed by atoms with E-state index >= 15 is 0 Å². The highest BCUT2D eigenvalue weighted by Crippen LogP contribution is 2.50. The van der Waals surface area contributed by atoms with Crippen molar-refractivity contribution in [1.82, 2.24) is 0 Å². The molecule has 5 aromatic carbocycles. The number of hydrogen-bond acceptors (Lipinski definition) is 0. The van der Waals surface area contributed by atoms with Crippen molar-refractivity contribution in [2.45, 2.75) is 149 Å². The molecule has 5 nitrogen and oxygen atoms in total. The van der Waals surface area contributed by atoms with Crippen LogP contribution in [0.25, 0.3) is 56.3 Å². The Hall–Kier alpha value is -8.15. The van der Waals surface area contributed by atoms with Crippen LogP contribution < -0.4 is 22.8 Å². The van der Waals surface area contributed by atoms with Gasteiger partial charge in [-0.15, -0.1) is 0 Å². The summed E-state index contributed by atoms with van der Waals surface area (Å²) in [6.07, 6.45) is 9.98. The van der Waals surface area contributed by atoms with Gasteiger partial charge in [0, 0.05) is 102 Å². The van der Waals surface area contributed by atoms with Crippen molar-refractivity contribution >= 4 is 0 Å². The van der Waals surface area contributed by atoms with E-state index in [2.05, 4.69) is 121 Å². The minimum absolute atomic E-state index is 0.127. The Morgan fingerprint density at radius 3 is 1.17 bits per heavy atom. The first-order chi connectivity index (χ1) is 47.7. The first-order valence-corrected chi connectivity index (χ1v) is 32.1. The number of aryl methyl sites for hydroxylation is 16. The van der Waals surface area contributed by atoms with E-state index in [0.717, 1.165) is 98.4 Å². The molecule has 0 N–H and O–H groups in total. The summed E-state index contributed by atoms with van der Waals surface area (Å²) in [4.78, 5) is 0. The van der Waals surface area contributed by atoms with Gasteiger partial charge >= 0.3 is 0 Å². The number of rotatable bonds is 5. The van der Waals surface area contributed by atoms with E-state index in [-0.39, 0.29) is 19.3 Å². The number of aromatic nitrogens is 5. The highest BCUT2D eigenvalue weighted by Gasteiger charge is 2.39. The molecule has 5 heteroatoms. The zero-order valence-electron chi connectivity index (χ0n) is 66.0. The zero-order valence-corrected chi connectivity index (χ0v) is 54.0. The number of pyridine rings is 5. The summed E-state index contributed by atoms with van der Waals surface area (Å²) in [5.74, 6) is 1.82. The number of hydrogen-bond donors (Lipinski definition) is 0. The SMILES string of the molecule is Cc1ccccc1-c1cc2c(c[n+]1C)CC1CC2C1.[2H]C1([2H])CC([2H])([2H])c2c1cc[n+](C)c2-c1ccccc1C.[2H]C1([2H])CCC([2H])([2H])c2c1cc[n+](C)c2-c1ccccc1C.[2H]C1([2H])CCCc2c[n+](C)c(-c3ccccc3C)cc21.[2H]C1([2H])CCc2c[n+](C)c(-c3ccccc3C)cc21. The maximum absolute atomic E-state index is 8.43. The molecule has 7 aliphatic carbocycles. The van der Waals surface area contributed by atoms with E-state index in [1.165, 1.54) is 58.3 Å². The van der Waals surface area contributed by atoms with Crippen LogP contribution in [0.1, 0.15) is 157 Å². The Labute approximate surface area is 550 Å². The third-order valence-corrected chi connectivity index (χ3v) is 18.9. The van der Waals surface area contributed by atoms with Crippen LogP contribution in [-0.4, -0.2) is 0 Å². The van der Waals surface area contributed by atoms with Crippen LogP contribution in [0.5, 0.6) is 0 Å². The Morgan fingerprint density at radius 1 is 0.337 bits per heavy atom. The summed E-state index contributed by atoms with van der Waals surface area (Å²) in [5, 5.41) is 0. The van der Waals surface area contributed by atoms with Crippen LogP contribution in [0, 0.1) is 40.5 Å². The highest BCUT2D eigenvalue weighted by molar-refractivity contribution is 5.68. The second-order valence-electron chi connectivity index (χ2n) is 25.2. The van der Waals surface area contributed by atoms with Crippen molar-refractivity contribution in [3.63, 3.8) is 0 Å². The molecule has 17 rings (SSSR count). The molecule has 0 atom stereocenters.